The van der Waals surface area contributed by atoms with Crippen molar-refractivity contribution in [3.8, 4) is 0 Å². The Morgan fingerprint density at radius 2 is 2.20 bits per heavy atom. The van der Waals surface area contributed by atoms with Crippen LogP contribution in [0.2, 0.25) is 0 Å². The fourth-order valence-corrected chi connectivity index (χ4v) is 2.97. The minimum atomic E-state index is -3.39. The van der Waals surface area contributed by atoms with E-state index in [-0.39, 0.29) is 4.90 Å². The van der Waals surface area contributed by atoms with Gasteiger partial charge in [-0.1, -0.05) is 11.3 Å². The molecule has 7 heteroatoms. The molecule has 0 atom stereocenters. The van der Waals surface area contributed by atoms with Gasteiger partial charge < -0.3 is 5.73 Å². The lowest BCUT2D eigenvalue weighted by molar-refractivity contribution is 0.600. The third-order valence-electron chi connectivity index (χ3n) is 1.88. The molecular formula is C8H7ClN2O2S2. The second-order valence-corrected chi connectivity index (χ2v) is 6.54. The molecule has 0 aliphatic rings. The normalized spacial score (nSPS) is 12.1. The van der Waals surface area contributed by atoms with Gasteiger partial charge in [-0.3, -0.25) is 0 Å². The highest BCUT2D eigenvalue weighted by molar-refractivity contribution is 7.92. The van der Waals surface area contributed by atoms with Gasteiger partial charge in [0.25, 0.3) is 0 Å². The summed E-state index contributed by atoms with van der Waals surface area (Å²) in [5.41, 5.74) is 6.10. The third-order valence-corrected chi connectivity index (χ3v) is 4.87. The molecule has 2 aromatic rings. The Bertz CT molecular complexity index is 606. The first-order valence-corrected chi connectivity index (χ1v) is 6.98. The molecule has 0 bridgehead atoms. The maximum Gasteiger partial charge on any atom is 0.192 e. The second-order valence-electron chi connectivity index (χ2n) is 2.91. The van der Waals surface area contributed by atoms with Crippen molar-refractivity contribution in [1.29, 1.82) is 0 Å². The summed E-state index contributed by atoms with van der Waals surface area (Å²) in [5, 5.41) is -0.0107. The van der Waals surface area contributed by atoms with Crippen molar-refractivity contribution in [2.24, 2.45) is 0 Å². The lowest BCUT2D eigenvalue weighted by atomic mass is 10.3. The standard InChI is InChI=1S/C8H7ClN2O2S2/c9-4-15(12,13)5-1-2-7-6(3-5)11-8(10)14-7/h1-3H,4H2,(H2,10,11). The van der Waals surface area contributed by atoms with Crippen LogP contribution in [0.5, 0.6) is 0 Å². The Morgan fingerprint density at radius 1 is 1.47 bits per heavy atom. The number of aromatic nitrogens is 1. The first kappa shape index (κ1) is 10.7. The first-order chi connectivity index (χ1) is 7.03. The Hall–Kier alpha value is -0.850. The van der Waals surface area contributed by atoms with Gasteiger partial charge in [-0.2, -0.15) is 0 Å². The molecular weight excluding hydrogens is 256 g/mol. The predicted molar refractivity (Wildman–Crippen MR) is 61.9 cm³/mol. The summed E-state index contributed by atoms with van der Waals surface area (Å²) >= 11 is 6.67. The number of halogens is 1. The zero-order chi connectivity index (χ0) is 11.1. The fraction of sp³-hybridized carbons (Fsp3) is 0.125. The molecule has 0 fully saturated rings. The zero-order valence-corrected chi connectivity index (χ0v) is 9.86. The summed E-state index contributed by atoms with van der Waals surface area (Å²) in [6, 6.07) is 4.68. The van der Waals surface area contributed by atoms with Crippen LogP contribution in [0.4, 0.5) is 5.13 Å². The summed E-state index contributed by atoms with van der Waals surface area (Å²) in [6.07, 6.45) is 0. The maximum atomic E-state index is 11.5. The predicted octanol–water partition coefficient (Wildman–Crippen LogP) is 1.85. The minimum absolute atomic E-state index is 0.176. The molecule has 4 nitrogen and oxygen atoms in total. The largest absolute Gasteiger partial charge is 0.375 e. The van der Waals surface area contributed by atoms with Crippen molar-refractivity contribution in [3.63, 3.8) is 0 Å². The Kier molecular flexibility index (Phi) is 2.57. The van der Waals surface area contributed by atoms with Gasteiger partial charge >= 0.3 is 0 Å². The Balaban J connectivity index is 2.66. The second kappa shape index (κ2) is 3.62. The van der Waals surface area contributed by atoms with Gasteiger partial charge in [-0.25, -0.2) is 13.4 Å². The van der Waals surface area contributed by atoms with Gasteiger partial charge in [-0.15, -0.1) is 11.6 Å². The average Bonchev–Trinajstić information content (AvgIpc) is 2.56. The SMILES string of the molecule is Nc1nc2cc(S(=O)(=O)CCl)ccc2s1. The number of nitrogen functional groups attached to an aromatic ring is 1. The average molecular weight is 263 g/mol. The minimum Gasteiger partial charge on any atom is -0.375 e. The molecule has 0 unspecified atom stereocenters. The molecule has 0 saturated carbocycles. The first-order valence-electron chi connectivity index (χ1n) is 3.98. The monoisotopic (exact) mass is 262 g/mol. The van der Waals surface area contributed by atoms with E-state index in [4.69, 9.17) is 17.3 Å². The number of rotatable bonds is 2. The van der Waals surface area contributed by atoms with Gasteiger partial charge in [0.05, 0.1) is 15.1 Å². The van der Waals surface area contributed by atoms with E-state index in [1.54, 1.807) is 6.07 Å². The number of alkyl halides is 1. The van der Waals surface area contributed by atoms with Crippen LogP contribution >= 0.6 is 22.9 Å². The molecule has 1 aromatic heterocycles. The quantitative estimate of drug-likeness (QED) is 0.839. The van der Waals surface area contributed by atoms with E-state index in [1.165, 1.54) is 23.5 Å². The third kappa shape index (κ3) is 1.92. The number of nitrogens with zero attached hydrogens (tertiary/aromatic N) is 1. The van der Waals surface area contributed by atoms with Gasteiger partial charge in [0.15, 0.2) is 15.0 Å². The van der Waals surface area contributed by atoms with Crippen LogP contribution in [0.1, 0.15) is 0 Å². The van der Waals surface area contributed by atoms with Crippen LogP contribution in [-0.4, -0.2) is 18.6 Å². The van der Waals surface area contributed by atoms with E-state index >= 15 is 0 Å². The highest BCUT2D eigenvalue weighted by Gasteiger charge is 2.14. The molecule has 2 N–H and O–H groups in total. The zero-order valence-electron chi connectivity index (χ0n) is 7.47. The number of hydrogen-bond acceptors (Lipinski definition) is 5. The number of thiazole rings is 1. The van der Waals surface area contributed by atoms with Gasteiger partial charge in [0, 0.05) is 0 Å². The van der Waals surface area contributed by atoms with Crippen LogP contribution in [0.25, 0.3) is 10.2 Å². The van der Waals surface area contributed by atoms with Crippen LogP contribution in [-0.2, 0) is 9.84 Å². The van der Waals surface area contributed by atoms with Gasteiger partial charge in [-0.05, 0) is 18.2 Å². The van der Waals surface area contributed by atoms with Crippen molar-refractivity contribution < 1.29 is 8.42 Å². The molecule has 2 rings (SSSR count). The van der Waals surface area contributed by atoms with Crippen molar-refractivity contribution in [2.45, 2.75) is 4.90 Å². The van der Waals surface area contributed by atoms with Crippen LogP contribution in [0.3, 0.4) is 0 Å². The summed E-state index contributed by atoms with van der Waals surface area (Å²) in [6.45, 7) is 0. The molecule has 0 amide bonds. The fourth-order valence-electron chi connectivity index (χ4n) is 1.18. The summed E-state index contributed by atoms with van der Waals surface area (Å²) in [7, 11) is -3.39. The van der Waals surface area contributed by atoms with Crippen molar-refractivity contribution in [3.05, 3.63) is 18.2 Å². The molecule has 0 radical (unpaired) electrons. The van der Waals surface area contributed by atoms with Gasteiger partial charge in [0.1, 0.15) is 5.21 Å². The molecule has 0 saturated heterocycles. The van der Waals surface area contributed by atoms with E-state index in [9.17, 15) is 8.42 Å². The van der Waals surface area contributed by atoms with Crippen molar-refractivity contribution >= 4 is 48.1 Å². The van der Waals surface area contributed by atoms with Gasteiger partial charge in [0.2, 0.25) is 0 Å². The number of anilines is 1. The number of hydrogen-bond donors (Lipinski definition) is 1. The van der Waals surface area contributed by atoms with Crippen LogP contribution < -0.4 is 5.73 Å². The molecule has 15 heavy (non-hydrogen) atoms. The van der Waals surface area contributed by atoms with Crippen molar-refractivity contribution in [1.82, 2.24) is 4.98 Å². The molecule has 1 aromatic carbocycles. The topological polar surface area (TPSA) is 73.0 Å². The molecule has 1 heterocycles. The summed E-state index contributed by atoms with van der Waals surface area (Å²) in [5.74, 6) is 0. The molecule has 0 spiro atoms. The lowest BCUT2D eigenvalue weighted by Gasteiger charge is -1.98. The number of benzene rings is 1. The van der Waals surface area contributed by atoms with E-state index in [0.29, 0.717) is 10.6 Å². The van der Waals surface area contributed by atoms with E-state index in [0.717, 1.165) is 4.70 Å². The smallest absolute Gasteiger partial charge is 0.192 e. The van der Waals surface area contributed by atoms with E-state index in [1.807, 2.05) is 0 Å². The highest BCUT2D eigenvalue weighted by Crippen LogP contribution is 2.26. The number of sulfone groups is 1. The molecule has 0 aliphatic carbocycles. The van der Waals surface area contributed by atoms with Crippen LogP contribution in [0.15, 0.2) is 23.1 Å². The lowest BCUT2D eigenvalue weighted by Crippen LogP contribution is -2.01. The summed E-state index contributed by atoms with van der Waals surface area (Å²) < 4.78 is 23.8. The molecule has 80 valence electrons. The maximum absolute atomic E-state index is 11.5. The highest BCUT2D eigenvalue weighted by atomic mass is 35.5. The number of nitrogens with two attached hydrogens (primary N) is 1. The van der Waals surface area contributed by atoms with Crippen LogP contribution in [0, 0.1) is 0 Å². The summed E-state index contributed by atoms with van der Waals surface area (Å²) in [4.78, 5) is 4.19. The van der Waals surface area contributed by atoms with Crippen molar-refractivity contribution in [2.75, 3.05) is 10.9 Å². The van der Waals surface area contributed by atoms with E-state index in [2.05, 4.69) is 4.98 Å². The Morgan fingerprint density at radius 3 is 2.87 bits per heavy atom. The number of fused-ring (bicyclic) bond motifs is 1. The molecule has 0 aliphatic heterocycles. The van der Waals surface area contributed by atoms with E-state index < -0.39 is 15.0 Å². The Labute approximate surface area is 95.6 Å².